The van der Waals surface area contributed by atoms with Gasteiger partial charge in [-0.3, -0.25) is 0 Å². The first-order chi connectivity index (χ1) is 9.56. The Bertz CT molecular complexity index is 553. The van der Waals surface area contributed by atoms with E-state index in [-0.39, 0.29) is 6.04 Å². The van der Waals surface area contributed by atoms with Gasteiger partial charge in [0.2, 0.25) is 0 Å². The van der Waals surface area contributed by atoms with E-state index in [4.69, 9.17) is 5.73 Å². The predicted octanol–water partition coefficient (Wildman–Crippen LogP) is 2.66. The average molecular weight is 272 g/mol. The van der Waals surface area contributed by atoms with Crippen LogP contribution in [0.3, 0.4) is 0 Å². The minimum Gasteiger partial charge on any atom is -0.365 e. The molecule has 0 aliphatic heterocycles. The maximum absolute atomic E-state index is 6.02. The molecule has 2 rings (SSSR count). The molecule has 108 valence electrons. The Balaban J connectivity index is 2.36. The Hall–Kier alpha value is -1.81. The largest absolute Gasteiger partial charge is 0.365 e. The number of hydrogen-bond donors (Lipinski definition) is 1. The molecule has 1 aromatic carbocycles. The van der Waals surface area contributed by atoms with Crippen LogP contribution in [0.2, 0.25) is 0 Å². The van der Waals surface area contributed by atoms with E-state index >= 15 is 0 Å². The highest BCUT2D eigenvalue weighted by atomic mass is 15.2. The minimum atomic E-state index is 0.138. The number of nitrogens with two attached hydrogens (primary N) is 1. The van der Waals surface area contributed by atoms with E-state index in [1.54, 1.807) is 0 Å². The molecule has 0 saturated carbocycles. The minimum absolute atomic E-state index is 0.138. The fourth-order valence-corrected chi connectivity index (χ4v) is 2.68. The number of aryl methyl sites for hydroxylation is 3. The lowest BCUT2D eigenvalue weighted by Crippen LogP contribution is -2.32. The predicted molar refractivity (Wildman–Crippen MR) is 84.0 cm³/mol. The van der Waals surface area contributed by atoms with Gasteiger partial charge in [-0.1, -0.05) is 6.07 Å². The highest BCUT2D eigenvalue weighted by Crippen LogP contribution is 2.26. The smallest absolute Gasteiger partial charge is 0.0948 e. The molecule has 0 fully saturated rings. The highest BCUT2D eigenvalue weighted by molar-refractivity contribution is 5.52. The maximum Gasteiger partial charge on any atom is 0.0948 e. The summed E-state index contributed by atoms with van der Waals surface area (Å²) in [7, 11) is 2.10. The van der Waals surface area contributed by atoms with Crippen LogP contribution in [-0.2, 0) is 6.54 Å². The second-order valence-corrected chi connectivity index (χ2v) is 5.31. The SMILES string of the molecule is CCn1cncc1C(CN)N(C)c1cc(C)cc(C)c1. The van der Waals surface area contributed by atoms with Crippen LogP contribution in [0.25, 0.3) is 0 Å². The van der Waals surface area contributed by atoms with Gasteiger partial charge < -0.3 is 15.2 Å². The number of likely N-dealkylation sites (N-methyl/N-ethyl adjacent to an activating group) is 1. The van der Waals surface area contributed by atoms with Crippen molar-refractivity contribution in [1.29, 1.82) is 0 Å². The van der Waals surface area contributed by atoms with Gasteiger partial charge in [0.05, 0.1) is 24.3 Å². The molecule has 0 amide bonds. The van der Waals surface area contributed by atoms with Gasteiger partial charge in [-0.2, -0.15) is 0 Å². The van der Waals surface area contributed by atoms with Crippen molar-refractivity contribution < 1.29 is 0 Å². The Morgan fingerprint density at radius 2 is 1.90 bits per heavy atom. The normalized spacial score (nSPS) is 12.4. The first kappa shape index (κ1) is 14.6. The maximum atomic E-state index is 6.02. The van der Waals surface area contributed by atoms with Gasteiger partial charge in [0.1, 0.15) is 0 Å². The summed E-state index contributed by atoms with van der Waals surface area (Å²) in [6.45, 7) is 7.84. The van der Waals surface area contributed by atoms with E-state index in [2.05, 4.69) is 60.5 Å². The first-order valence-corrected chi connectivity index (χ1v) is 7.08. The molecule has 0 radical (unpaired) electrons. The fourth-order valence-electron chi connectivity index (χ4n) is 2.68. The molecule has 4 nitrogen and oxygen atoms in total. The molecule has 0 aliphatic rings. The summed E-state index contributed by atoms with van der Waals surface area (Å²) in [5.41, 5.74) is 10.9. The van der Waals surface area contributed by atoms with Crippen LogP contribution < -0.4 is 10.6 Å². The third kappa shape index (κ3) is 2.85. The molecular formula is C16H24N4. The summed E-state index contributed by atoms with van der Waals surface area (Å²) in [4.78, 5) is 6.49. The fraction of sp³-hybridized carbons (Fsp3) is 0.438. The van der Waals surface area contributed by atoms with Crippen LogP contribution in [0.4, 0.5) is 5.69 Å². The number of imidazole rings is 1. The summed E-state index contributed by atoms with van der Waals surface area (Å²) in [5, 5.41) is 0. The Labute approximate surface area is 121 Å². The number of aromatic nitrogens is 2. The van der Waals surface area contributed by atoms with Gasteiger partial charge in [-0.15, -0.1) is 0 Å². The lowest BCUT2D eigenvalue weighted by atomic mass is 10.1. The van der Waals surface area contributed by atoms with Crippen LogP contribution in [0.15, 0.2) is 30.7 Å². The molecule has 4 heteroatoms. The van der Waals surface area contributed by atoms with Crippen molar-refractivity contribution in [3.63, 3.8) is 0 Å². The van der Waals surface area contributed by atoms with Gasteiger partial charge in [0.15, 0.2) is 0 Å². The zero-order chi connectivity index (χ0) is 14.7. The lowest BCUT2D eigenvalue weighted by Gasteiger charge is -2.30. The van der Waals surface area contributed by atoms with Crippen LogP contribution in [0.1, 0.15) is 29.8 Å². The standard InChI is InChI=1S/C16H24N4/c1-5-20-11-18-10-16(20)15(9-17)19(4)14-7-12(2)6-13(3)8-14/h6-8,10-11,15H,5,9,17H2,1-4H3. The number of anilines is 1. The molecule has 2 aromatic rings. The molecule has 20 heavy (non-hydrogen) atoms. The van der Waals surface area contributed by atoms with E-state index < -0.39 is 0 Å². The van der Waals surface area contributed by atoms with E-state index in [9.17, 15) is 0 Å². The van der Waals surface area contributed by atoms with Crippen molar-refractivity contribution in [2.24, 2.45) is 5.73 Å². The third-order valence-corrected chi connectivity index (χ3v) is 3.73. The van der Waals surface area contributed by atoms with Crippen LogP contribution in [-0.4, -0.2) is 23.1 Å². The van der Waals surface area contributed by atoms with Crippen LogP contribution >= 0.6 is 0 Å². The number of hydrogen-bond acceptors (Lipinski definition) is 3. The number of benzene rings is 1. The molecule has 2 N–H and O–H groups in total. The Morgan fingerprint density at radius 1 is 1.25 bits per heavy atom. The van der Waals surface area contributed by atoms with E-state index in [0.29, 0.717) is 6.54 Å². The average Bonchev–Trinajstić information content (AvgIpc) is 2.86. The summed E-state index contributed by atoms with van der Waals surface area (Å²) in [5.74, 6) is 0. The zero-order valence-electron chi connectivity index (χ0n) is 12.8. The van der Waals surface area contributed by atoms with Gasteiger partial charge >= 0.3 is 0 Å². The topological polar surface area (TPSA) is 47.1 Å². The molecule has 1 atom stereocenters. The molecule has 1 aromatic heterocycles. The van der Waals surface area contributed by atoms with Crippen molar-refractivity contribution in [3.8, 4) is 0 Å². The van der Waals surface area contributed by atoms with E-state index in [0.717, 1.165) is 12.2 Å². The highest BCUT2D eigenvalue weighted by Gasteiger charge is 2.19. The number of rotatable bonds is 5. The number of nitrogens with zero attached hydrogens (tertiary/aromatic N) is 3. The molecule has 1 unspecified atom stereocenters. The Morgan fingerprint density at radius 3 is 2.45 bits per heavy atom. The van der Waals surface area contributed by atoms with Crippen LogP contribution in [0, 0.1) is 13.8 Å². The van der Waals surface area contributed by atoms with E-state index in [1.165, 1.54) is 16.8 Å². The molecule has 1 heterocycles. The Kier molecular flexibility index (Phi) is 4.45. The molecule has 0 bridgehead atoms. The van der Waals surface area contributed by atoms with Gasteiger partial charge in [0, 0.05) is 25.8 Å². The molecule has 0 aliphatic carbocycles. The van der Waals surface area contributed by atoms with Crippen molar-refractivity contribution in [2.45, 2.75) is 33.4 Å². The van der Waals surface area contributed by atoms with Crippen molar-refractivity contribution in [1.82, 2.24) is 9.55 Å². The van der Waals surface area contributed by atoms with Gasteiger partial charge in [-0.25, -0.2) is 4.98 Å². The second-order valence-electron chi connectivity index (χ2n) is 5.31. The quantitative estimate of drug-likeness (QED) is 0.910. The van der Waals surface area contributed by atoms with Gasteiger partial charge in [-0.05, 0) is 44.0 Å². The third-order valence-electron chi connectivity index (χ3n) is 3.73. The monoisotopic (exact) mass is 272 g/mol. The summed E-state index contributed by atoms with van der Waals surface area (Å²) in [6.07, 6.45) is 3.79. The summed E-state index contributed by atoms with van der Waals surface area (Å²) < 4.78 is 2.15. The molecule has 0 spiro atoms. The van der Waals surface area contributed by atoms with E-state index in [1.807, 2.05) is 12.5 Å². The molecular weight excluding hydrogens is 248 g/mol. The van der Waals surface area contributed by atoms with Gasteiger partial charge in [0.25, 0.3) is 0 Å². The second kappa shape index (κ2) is 6.09. The molecule has 0 saturated heterocycles. The van der Waals surface area contributed by atoms with Crippen molar-refractivity contribution in [3.05, 3.63) is 47.5 Å². The summed E-state index contributed by atoms with van der Waals surface area (Å²) >= 11 is 0. The zero-order valence-corrected chi connectivity index (χ0v) is 12.8. The first-order valence-electron chi connectivity index (χ1n) is 7.08. The van der Waals surface area contributed by atoms with Crippen molar-refractivity contribution in [2.75, 3.05) is 18.5 Å². The lowest BCUT2D eigenvalue weighted by molar-refractivity contribution is 0.602. The van der Waals surface area contributed by atoms with Crippen molar-refractivity contribution >= 4 is 5.69 Å². The van der Waals surface area contributed by atoms with Crippen LogP contribution in [0.5, 0.6) is 0 Å². The summed E-state index contributed by atoms with van der Waals surface area (Å²) in [6, 6.07) is 6.72.